The Morgan fingerprint density at radius 3 is 2.53 bits per heavy atom. The Balaban J connectivity index is 1.75. The summed E-state index contributed by atoms with van der Waals surface area (Å²) in [5, 5.41) is 3.39. The third-order valence-electron chi connectivity index (χ3n) is 4.71. The predicted molar refractivity (Wildman–Crippen MR) is 79.6 cm³/mol. The molecule has 0 atom stereocenters. The Labute approximate surface area is 118 Å². The van der Waals surface area contributed by atoms with Gasteiger partial charge < -0.3 is 19.9 Å². The van der Waals surface area contributed by atoms with Crippen LogP contribution in [0.3, 0.4) is 0 Å². The highest BCUT2D eigenvalue weighted by Crippen LogP contribution is 2.30. The Morgan fingerprint density at radius 1 is 1.21 bits per heavy atom. The fourth-order valence-corrected chi connectivity index (χ4v) is 3.54. The molecule has 0 aromatic heterocycles. The summed E-state index contributed by atoms with van der Waals surface area (Å²) in [4.78, 5) is 5.13. The van der Waals surface area contributed by atoms with Crippen LogP contribution in [0.25, 0.3) is 0 Å². The van der Waals surface area contributed by atoms with E-state index in [-0.39, 0.29) is 0 Å². The van der Waals surface area contributed by atoms with E-state index < -0.39 is 0 Å². The Bertz CT molecular complexity index is 242. The van der Waals surface area contributed by atoms with Crippen LogP contribution in [0.4, 0.5) is 0 Å². The number of nitrogens with zero attached hydrogens (tertiary/aromatic N) is 2. The number of rotatable bonds is 7. The van der Waals surface area contributed by atoms with Crippen molar-refractivity contribution in [1.29, 1.82) is 0 Å². The van der Waals surface area contributed by atoms with Gasteiger partial charge in [0.2, 0.25) is 0 Å². The normalized spacial score (nSPS) is 24.2. The van der Waals surface area contributed by atoms with E-state index in [0.717, 1.165) is 19.8 Å². The molecule has 19 heavy (non-hydrogen) atoms. The first-order valence-corrected chi connectivity index (χ1v) is 7.87. The van der Waals surface area contributed by atoms with Gasteiger partial charge in [0.15, 0.2) is 0 Å². The predicted octanol–water partition coefficient (Wildman–Crippen LogP) is 1.03. The van der Waals surface area contributed by atoms with Crippen LogP contribution >= 0.6 is 0 Å². The number of nitrogens with one attached hydrogen (secondary N) is 1. The number of hydrogen-bond acceptors (Lipinski definition) is 4. The van der Waals surface area contributed by atoms with Crippen molar-refractivity contribution in [3.63, 3.8) is 0 Å². The molecule has 1 N–H and O–H groups in total. The highest BCUT2D eigenvalue weighted by atomic mass is 16.5. The molecule has 4 nitrogen and oxygen atoms in total. The van der Waals surface area contributed by atoms with Crippen molar-refractivity contribution in [2.24, 2.45) is 5.41 Å². The summed E-state index contributed by atoms with van der Waals surface area (Å²) in [5.41, 5.74) is 0.423. The lowest BCUT2D eigenvalue weighted by Gasteiger charge is -2.40. The number of likely N-dealkylation sites (N-methyl/N-ethyl adjacent to an activating group) is 1. The summed E-state index contributed by atoms with van der Waals surface area (Å²) < 4.78 is 5.54. The van der Waals surface area contributed by atoms with Gasteiger partial charge in [-0.15, -0.1) is 0 Å². The number of likely N-dealkylation sites (tertiary alicyclic amines) is 1. The third kappa shape index (κ3) is 4.71. The molecular formula is C15H31N3O. The maximum Gasteiger partial charge on any atom is 0.0472 e. The molecule has 2 rings (SSSR count). The number of ether oxygens (including phenoxy) is 1. The zero-order valence-corrected chi connectivity index (χ0v) is 12.8. The SMILES string of the molecule is CNCC1(CN(C)CCN2CCCC2)CCOCC1. The van der Waals surface area contributed by atoms with E-state index >= 15 is 0 Å². The minimum Gasteiger partial charge on any atom is -0.381 e. The summed E-state index contributed by atoms with van der Waals surface area (Å²) in [6, 6.07) is 0. The van der Waals surface area contributed by atoms with Gasteiger partial charge in [0.25, 0.3) is 0 Å². The lowest BCUT2D eigenvalue weighted by molar-refractivity contribution is -0.000448. The Hall–Kier alpha value is -0.160. The second kappa shape index (κ2) is 7.58. The molecule has 0 spiro atoms. The van der Waals surface area contributed by atoms with Crippen molar-refractivity contribution >= 4 is 0 Å². The van der Waals surface area contributed by atoms with Crippen LogP contribution in [-0.4, -0.2) is 76.4 Å². The largest absolute Gasteiger partial charge is 0.381 e. The van der Waals surface area contributed by atoms with Gasteiger partial charge in [0.1, 0.15) is 0 Å². The molecule has 0 unspecified atom stereocenters. The van der Waals surface area contributed by atoms with Gasteiger partial charge in [-0.1, -0.05) is 0 Å². The van der Waals surface area contributed by atoms with Gasteiger partial charge in [0, 0.05) is 39.4 Å². The first kappa shape index (κ1) is 15.2. The summed E-state index contributed by atoms with van der Waals surface area (Å²) in [6.07, 6.45) is 5.18. The van der Waals surface area contributed by atoms with Crippen LogP contribution in [0.5, 0.6) is 0 Å². The highest BCUT2D eigenvalue weighted by Gasteiger charge is 2.33. The molecule has 0 amide bonds. The monoisotopic (exact) mass is 269 g/mol. The minimum absolute atomic E-state index is 0.423. The second-order valence-corrected chi connectivity index (χ2v) is 6.43. The first-order chi connectivity index (χ1) is 9.24. The molecular weight excluding hydrogens is 238 g/mol. The van der Waals surface area contributed by atoms with Gasteiger partial charge in [-0.3, -0.25) is 0 Å². The molecule has 2 saturated heterocycles. The van der Waals surface area contributed by atoms with Crippen LogP contribution in [0, 0.1) is 5.41 Å². The van der Waals surface area contributed by atoms with Crippen LogP contribution in [0.2, 0.25) is 0 Å². The molecule has 112 valence electrons. The molecule has 2 aliphatic heterocycles. The zero-order chi connectivity index (χ0) is 13.6. The van der Waals surface area contributed by atoms with Gasteiger partial charge in [-0.05, 0) is 58.3 Å². The quantitative estimate of drug-likeness (QED) is 0.747. The molecule has 2 fully saturated rings. The zero-order valence-electron chi connectivity index (χ0n) is 12.8. The third-order valence-corrected chi connectivity index (χ3v) is 4.71. The smallest absolute Gasteiger partial charge is 0.0472 e. The summed E-state index contributed by atoms with van der Waals surface area (Å²) >= 11 is 0. The molecule has 0 aromatic carbocycles. The lowest BCUT2D eigenvalue weighted by atomic mass is 9.79. The van der Waals surface area contributed by atoms with Crippen LogP contribution in [0.15, 0.2) is 0 Å². The number of hydrogen-bond donors (Lipinski definition) is 1. The maximum atomic E-state index is 5.54. The molecule has 0 saturated carbocycles. The van der Waals surface area contributed by atoms with E-state index in [9.17, 15) is 0 Å². The molecule has 2 heterocycles. The molecule has 0 bridgehead atoms. The van der Waals surface area contributed by atoms with Crippen molar-refractivity contribution in [3.05, 3.63) is 0 Å². The van der Waals surface area contributed by atoms with E-state index in [4.69, 9.17) is 4.74 Å². The Kier molecular flexibility index (Phi) is 6.07. The van der Waals surface area contributed by atoms with Crippen LogP contribution in [-0.2, 0) is 4.74 Å². The van der Waals surface area contributed by atoms with Gasteiger partial charge >= 0.3 is 0 Å². The average Bonchev–Trinajstić information content (AvgIpc) is 2.91. The van der Waals surface area contributed by atoms with E-state index in [2.05, 4.69) is 29.2 Å². The second-order valence-electron chi connectivity index (χ2n) is 6.43. The van der Waals surface area contributed by atoms with E-state index in [0.29, 0.717) is 5.41 Å². The van der Waals surface area contributed by atoms with Crippen molar-refractivity contribution in [2.75, 3.05) is 66.6 Å². The van der Waals surface area contributed by atoms with Crippen LogP contribution < -0.4 is 5.32 Å². The standard InChI is InChI=1S/C15H31N3O/c1-16-13-15(5-11-19-12-6-15)14-17(2)9-10-18-7-3-4-8-18/h16H,3-14H2,1-2H3. The van der Waals surface area contributed by atoms with E-state index in [1.54, 1.807) is 0 Å². The molecule has 2 aliphatic rings. The van der Waals surface area contributed by atoms with Crippen molar-refractivity contribution in [3.8, 4) is 0 Å². The lowest BCUT2D eigenvalue weighted by Crippen LogP contribution is -2.47. The van der Waals surface area contributed by atoms with Gasteiger partial charge in [0.05, 0.1) is 0 Å². The fourth-order valence-electron chi connectivity index (χ4n) is 3.54. The van der Waals surface area contributed by atoms with Gasteiger partial charge in [-0.2, -0.15) is 0 Å². The average molecular weight is 269 g/mol. The van der Waals surface area contributed by atoms with Crippen LogP contribution in [0.1, 0.15) is 25.7 Å². The molecule has 0 radical (unpaired) electrons. The Morgan fingerprint density at radius 2 is 1.89 bits per heavy atom. The topological polar surface area (TPSA) is 27.7 Å². The van der Waals surface area contributed by atoms with E-state index in [1.807, 2.05) is 0 Å². The summed E-state index contributed by atoms with van der Waals surface area (Å²) in [7, 11) is 4.35. The summed E-state index contributed by atoms with van der Waals surface area (Å²) in [5.74, 6) is 0. The highest BCUT2D eigenvalue weighted by molar-refractivity contribution is 4.86. The maximum absolute atomic E-state index is 5.54. The molecule has 4 heteroatoms. The van der Waals surface area contributed by atoms with E-state index in [1.165, 1.54) is 58.4 Å². The van der Waals surface area contributed by atoms with Crippen molar-refractivity contribution in [2.45, 2.75) is 25.7 Å². The minimum atomic E-state index is 0.423. The molecule has 0 aromatic rings. The van der Waals surface area contributed by atoms with Crippen molar-refractivity contribution < 1.29 is 4.74 Å². The van der Waals surface area contributed by atoms with Gasteiger partial charge in [-0.25, -0.2) is 0 Å². The molecule has 0 aliphatic carbocycles. The van der Waals surface area contributed by atoms with Crippen molar-refractivity contribution in [1.82, 2.24) is 15.1 Å². The summed E-state index contributed by atoms with van der Waals surface area (Å²) in [6.45, 7) is 9.24. The fraction of sp³-hybridized carbons (Fsp3) is 1.00. The first-order valence-electron chi connectivity index (χ1n) is 7.87.